The van der Waals surface area contributed by atoms with Crippen LogP contribution >= 0.6 is 0 Å². The molecule has 0 saturated carbocycles. The fraction of sp³-hybridized carbons (Fsp3) is 0.562. The molecule has 8 heteroatoms. The SMILES string of the molecule is COC[C@@H](C)n1ccc(NC(=O)N2CCC(c3cnc[nH]3)CC2)n1. The average Bonchev–Trinajstić information content (AvgIpc) is 3.27. The first kappa shape index (κ1) is 16.5. The molecule has 1 aliphatic rings. The molecule has 1 aliphatic heterocycles. The van der Waals surface area contributed by atoms with Crippen molar-refractivity contribution in [1.82, 2.24) is 24.6 Å². The van der Waals surface area contributed by atoms with Crippen molar-refractivity contribution >= 4 is 11.8 Å². The predicted octanol–water partition coefficient (Wildman–Crippen LogP) is 2.23. The summed E-state index contributed by atoms with van der Waals surface area (Å²) in [7, 11) is 1.66. The van der Waals surface area contributed by atoms with E-state index in [0.29, 0.717) is 18.3 Å². The molecule has 0 aliphatic carbocycles. The topological polar surface area (TPSA) is 88.1 Å². The second-order valence-electron chi connectivity index (χ2n) is 6.18. The van der Waals surface area contributed by atoms with Crippen molar-refractivity contribution < 1.29 is 9.53 Å². The first-order valence-electron chi connectivity index (χ1n) is 8.25. The Morgan fingerprint density at radius 2 is 2.29 bits per heavy atom. The molecule has 130 valence electrons. The van der Waals surface area contributed by atoms with E-state index in [1.807, 2.05) is 24.2 Å². The fourth-order valence-corrected chi connectivity index (χ4v) is 3.04. The maximum Gasteiger partial charge on any atom is 0.323 e. The summed E-state index contributed by atoms with van der Waals surface area (Å²) >= 11 is 0. The van der Waals surface area contributed by atoms with Crippen molar-refractivity contribution in [3.8, 4) is 0 Å². The summed E-state index contributed by atoms with van der Waals surface area (Å²) < 4.78 is 6.92. The zero-order valence-corrected chi connectivity index (χ0v) is 14.1. The van der Waals surface area contributed by atoms with Gasteiger partial charge in [-0.3, -0.25) is 10.00 Å². The second kappa shape index (κ2) is 7.48. The number of nitrogens with zero attached hydrogens (tertiary/aromatic N) is 4. The lowest BCUT2D eigenvalue weighted by Crippen LogP contribution is -2.40. The number of H-pyrrole nitrogens is 1. The fourth-order valence-electron chi connectivity index (χ4n) is 3.04. The number of piperidine rings is 1. The van der Waals surface area contributed by atoms with Crippen molar-refractivity contribution in [2.45, 2.75) is 31.7 Å². The van der Waals surface area contributed by atoms with E-state index in [0.717, 1.165) is 31.6 Å². The smallest absolute Gasteiger partial charge is 0.323 e. The van der Waals surface area contributed by atoms with Crippen LogP contribution in [0.5, 0.6) is 0 Å². The van der Waals surface area contributed by atoms with Gasteiger partial charge >= 0.3 is 6.03 Å². The quantitative estimate of drug-likeness (QED) is 0.879. The Morgan fingerprint density at radius 3 is 2.96 bits per heavy atom. The third-order valence-electron chi connectivity index (χ3n) is 4.44. The molecule has 0 aromatic carbocycles. The van der Waals surface area contributed by atoms with Gasteiger partial charge in [-0.15, -0.1) is 0 Å². The van der Waals surface area contributed by atoms with E-state index in [-0.39, 0.29) is 12.1 Å². The van der Waals surface area contributed by atoms with Gasteiger partial charge in [-0.25, -0.2) is 9.78 Å². The molecule has 8 nitrogen and oxygen atoms in total. The lowest BCUT2D eigenvalue weighted by molar-refractivity contribution is 0.157. The maximum atomic E-state index is 12.4. The number of likely N-dealkylation sites (tertiary alicyclic amines) is 1. The predicted molar refractivity (Wildman–Crippen MR) is 90.0 cm³/mol. The van der Waals surface area contributed by atoms with E-state index in [1.54, 1.807) is 24.2 Å². The Kier molecular flexibility index (Phi) is 5.14. The Balaban J connectivity index is 1.51. The van der Waals surface area contributed by atoms with E-state index in [1.165, 1.54) is 0 Å². The van der Waals surface area contributed by atoms with Gasteiger partial charge in [0.1, 0.15) is 0 Å². The highest BCUT2D eigenvalue weighted by molar-refractivity contribution is 5.88. The number of carbonyl (C=O) groups excluding carboxylic acids is 1. The first-order chi connectivity index (χ1) is 11.7. The molecular formula is C16H24N6O2. The molecule has 0 unspecified atom stereocenters. The average molecular weight is 332 g/mol. The molecular weight excluding hydrogens is 308 g/mol. The van der Waals surface area contributed by atoms with Crippen LogP contribution in [-0.2, 0) is 4.74 Å². The summed E-state index contributed by atoms with van der Waals surface area (Å²) in [6.07, 6.45) is 7.30. The molecule has 3 heterocycles. The van der Waals surface area contributed by atoms with Crippen LogP contribution in [0.4, 0.5) is 10.6 Å². The molecule has 2 aromatic rings. The highest BCUT2D eigenvalue weighted by atomic mass is 16.5. The Bertz CT molecular complexity index is 645. The third kappa shape index (κ3) is 3.76. The minimum atomic E-state index is -0.0947. The second-order valence-corrected chi connectivity index (χ2v) is 6.18. The van der Waals surface area contributed by atoms with Gasteiger partial charge in [0.15, 0.2) is 5.82 Å². The van der Waals surface area contributed by atoms with Gasteiger partial charge in [0.2, 0.25) is 0 Å². The van der Waals surface area contributed by atoms with Crippen molar-refractivity contribution in [2.24, 2.45) is 0 Å². The number of amides is 2. The zero-order chi connectivity index (χ0) is 16.9. The van der Waals surface area contributed by atoms with Gasteiger partial charge in [0.25, 0.3) is 0 Å². The van der Waals surface area contributed by atoms with Gasteiger partial charge in [-0.05, 0) is 19.8 Å². The molecule has 0 bridgehead atoms. The van der Waals surface area contributed by atoms with Crippen molar-refractivity contribution in [2.75, 3.05) is 32.1 Å². The first-order valence-corrected chi connectivity index (χ1v) is 8.25. The third-order valence-corrected chi connectivity index (χ3v) is 4.44. The number of hydrogen-bond acceptors (Lipinski definition) is 4. The maximum absolute atomic E-state index is 12.4. The number of aromatic amines is 1. The molecule has 2 N–H and O–H groups in total. The van der Waals surface area contributed by atoms with E-state index >= 15 is 0 Å². The summed E-state index contributed by atoms with van der Waals surface area (Å²) in [5.74, 6) is 1.02. The van der Waals surface area contributed by atoms with Crippen LogP contribution in [0.2, 0.25) is 0 Å². The Labute approximate surface area is 141 Å². The van der Waals surface area contributed by atoms with Crippen molar-refractivity contribution in [3.63, 3.8) is 0 Å². The minimum Gasteiger partial charge on any atom is -0.382 e. The Morgan fingerprint density at radius 1 is 1.50 bits per heavy atom. The molecule has 2 amide bonds. The van der Waals surface area contributed by atoms with E-state index in [2.05, 4.69) is 20.4 Å². The van der Waals surface area contributed by atoms with Crippen LogP contribution in [0.1, 0.15) is 37.4 Å². The van der Waals surface area contributed by atoms with Gasteiger partial charge in [-0.1, -0.05) is 0 Å². The minimum absolute atomic E-state index is 0.0947. The zero-order valence-electron chi connectivity index (χ0n) is 14.1. The van der Waals surface area contributed by atoms with Crippen LogP contribution in [0.25, 0.3) is 0 Å². The number of hydrogen-bond donors (Lipinski definition) is 2. The number of anilines is 1. The van der Waals surface area contributed by atoms with Gasteiger partial charge in [0, 0.05) is 50.3 Å². The standard InChI is InChI=1S/C16H24N6O2/c1-12(10-24-2)22-8-5-15(20-22)19-16(23)21-6-3-13(4-7-21)14-9-17-11-18-14/h5,8-9,11-13H,3-4,6-7,10H2,1-2H3,(H,17,18)(H,19,20,23)/t12-/m1/s1. The van der Waals surface area contributed by atoms with E-state index in [9.17, 15) is 4.79 Å². The van der Waals surface area contributed by atoms with Crippen LogP contribution in [0, 0.1) is 0 Å². The number of methoxy groups -OCH3 is 1. The Hall–Kier alpha value is -2.35. The molecule has 0 spiro atoms. The van der Waals surface area contributed by atoms with Gasteiger partial charge in [-0.2, -0.15) is 5.10 Å². The summed E-state index contributed by atoms with van der Waals surface area (Å²) in [4.78, 5) is 21.5. The number of ether oxygens (including phenoxy) is 1. The summed E-state index contributed by atoms with van der Waals surface area (Å²) in [6, 6.07) is 1.84. The number of rotatable bonds is 5. The molecule has 0 radical (unpaired) electrons. The van der Waals surface area contributed by atoms with Crippen molar-refractivity contribution in [3.05, 3.63) is 30.5 Å². The van der Waals surface area contributed by atoms with Crippen LogP contribution in [-0.4, -0.2) is 57.5 Å². The monoisotopic (exact) mass is 332 g/mol. The molecule has 24 heavy (non-hydrogen) atoms. The molecule has 1 saturated heterocycles. The highest BCUT2D eigenvalue weighted by Gasteiger charge is 2.25. The number of carbonyl (C=O) groups is 1. The van der Waals surface area contributed by atoms with Crippen LogP contribution < -0.4 is 5.32 Å². The van der Waals surface area contributed by atoms with Gasteiger partial charge in [0.05, 0.1) is 19.0 Å². The molecule has 1 atom stereocenters. The lowest BCUT2D eigenvalue weighted by atomic mass is 9.94. The molecule has 2 aromatic heterocycles. The van der Waals surface area contributed by atoms with Gasteiger partial charge < -0.3 is 14.6 Å². The number of imidazole rings is 1. The number of urea groups is 1. The molecule has 3 rings (SSSR count). The molecule has 1 fully saturated rings. The summed E-state index contributed by atoms with van der Waals surface area (Å²) in [6.45, 7) is 4.06. The van der Waals surface area contributed by atoms with Crippen molar-refractivity contribution in [1.29, 1.82) is 0 Å². The normalized spacial score (nSPS) is 17.0. The van der Waals surface area contributed by atoms with E-state index in [4.69, 9.17) is 4.74 Å². The number of aromatic nitrogens is 4. The van der Waals surface area contributed by atoms with Crippen LogP contribution in [0.15, 0.2) is 24.8 Å². The summed E-state index contributed by atoms with van der Waals surface area (Å²) in [5, 5.41) is 7.26. The highest BCUT2D eigenvalue weighted by Crippen LogP contribution is 2.26. The summed E-state index contributed by atoms with van der Waals surface area (Å²) in [5.41, 5.74) is 1.15. The number of nitrogens with one attached hydrogen (secondary N) is 2. The largest absolute Gasteiger partial charge is 0.382 e. The lowest BCUT2D eigenvalue weighted by Gasteiger charge is -2.31. The van der Waals surface area contributed by atoms with E-state index < -0.39 is 0 Å². The van der Waals surface area contributed by atoms with Crippen LogP contribution in [0.3, 0.4) is 0 Å².